The van der Waals surface area contributed by atoms with Gasteiger partial charge in [0.05, 0.1) is 26.1 Å². The molecule has 0 saturated carbocycles. The van der Waals surface area contributed by atoms with Crippen LogP contribution in [0.25, 0.3) is 0 Å². The molecular formula is C18H23N3O4. The zero-order chi connectivity index (χ0) is 17.6. The van der Waals surface area contributed by atoms with Crippen molar-refractivity contribution in [1.82, 2.24) is 9.78 Å². The molecule has 3 rings (SSSR count). The first-order valence-electron chi connectivity index (χ1n) is 8.33. The fraction of sp³-hybridized carbons (Fsp3) is 0.444. The van der Waals surface area contributed by atoms with Crippen molar-refractivity contribution >= 4 is 11.6 Å². The molecule has 0 radical (unpaired) electrons. The van der Waals surface area contributed by atoms with Crippen LogP contribution >= 0.6 is 0 Å². The average Bonchev–Trinajstić information content (AvgIpc) is 3.08. The minimum Gasteiger partial charge on any atom is -0.493 e. The summed E-state index contributed by atoms with van der Waals surface area (Å²) in [7, 11) is 3.10. The number of benzene rings is 1. The highest BCUT2D eigenvalue weighted by molar-refractivity contribution is 6.04. The van der Waals surface area contributed by atoms with Crippen molar-refractivity contribution in [3.8, 4) is 11.5 Å². The SMILES string of the molecule is COc1ccc(C(=O)Nc2cnn(CC3CCOCC3)c2)cc1OC. The Bertz CT molecular complexity index is 723. The number of carbonyl (C=O) groups excluding carboxylic acids is 1. The van der Waals surface area contributed by atoms with Crippen molar-refractivity contribution in [2.24, 2.45) is 5.92 Å². The number of hydrogen-bond acceptors (Lipinski definition) is 5. The zero-order valence-electron chi connectivity index (χ0n) is 14.5. The highest BCUT2D eigenvalue weighted by atomic mass is 16.5. The van der Waals surface area contributed by atoms with Crippen molar-refractivity contribution in [2.75, 3.05) is 32.8 Å². The highest BCUT2D eigenvalue weighted by Crippen LogP contribution is 2.28. The predicted molar refractivity (Wildman–Crippen MR) is 93.3 cm³/mol. The van der Waals surface area contributed by atoms with Crippen LogP contribution in [0.15, 0.2) is 30.6 Å². The number of carbonyl (C=O) groups is 1. The van der Waals surface area contributed by atoms with E-state index in [1.807, 2.05) is 10.9 Å². The van der Waals surface area contributed by atoms with Crippen LogP contribution in [-0.2, 0) is 11.3 Å². The van der Waals surface area contributed by atoms with Gasteiger partial charge in [-0.05, 0) is 37.0 Å². The maximum absolute atomic E-state index is 12.4. The van der Waals surface area contributed by atoms with Crippen molar-refractivity contribution in [2.45, 2.75) is 19.4 Å². The molecule has 0 atom stereocenters. The normalized spacial score (nSPS) is 15.0. The Labute approximate surface area is 146 Å². The molecular weight excluding hydrogens is 322 g/mol. The molecule has 1 aliphatic rings. The third kappa shape index (κ3) is 4.30. The summed E-state index contributed by atoms with van der Waals surface area (Å²) in [5, 5.41) is 7.20. The van der Waals surface area contributed by atoms with Gasteiger partial charge in [-0.25, -0.2) is 0 Å². The van der Waals surface area contributed by atoms with E-state index in [2.05, 4.69) is 10.4 Å². The first kappa shape index (κ1) is 17.3. The molecule has 2 aromatic rings. The van der Waals surface area contributed by atoms with Crippen LogP contribution in [0, 0.1) is 5.92 Å². The molecule has 7 heteroatoms. The minimum atomic E-state index is -0.216. The van der Waals surface area contributed by atoms with Gasteiger partial charge in [-0.1, -0.05) is 0 Å². The van der Waals surface area contributed by atoms with Gasteiger partial charge >= 0.3 is 0 Å². The van der Waals surface area contributed by atoms with Crippen molar-refractivity contribution < 1.29 is 19.0 Å². The summed E-state index contributed by atoms with van der Waals surface area (Å²) < 4.78 is 17.7. The van der Waals surface area contributed by atoms with E-state index in [4.69, 9.17) is 14.2 Å². The van der Waals surface area contributed by atoms with E-state index in [1.54, 1.807) is 38.6 Å². The highest BCUT2D eigenvalue weighted by Gasteiger charge is 2.16. The average molecular weight is 345 g/mol. The summed E-state index contributed by atoms with van der Waals surface area (Å²) in [5.41, 5.74) is 1.17. The molecule has 1 aliphatic heterocycles. The Hall–Kier alpha value is -2.54. The molecule has 1 fully saturated rings. The van der Waals surface area contributed by atoms with Crippen molar-refractivity contribution in [1.29, 1.82) is 0 Å². The lowest BCUT2D eigenvalue weighted by Crippen LogP contribution is -2.20. The fourth-order valence-electron chi connectivity index (χ4n) is 2.90. The summed E-state index contributed by atoms with van der Waals surface area (Å²) >= 11 is 0. The number of ether oxygens (including phenoxy) is 3. The van der Waals surface area contributed by atoms with Gasteiger partial charge in [-0.2, -0.15) is 5.10 Å². The maximum Gasteiger partial charge on any atom is 0.255 e. The van der Waals surface area contributed by atoms with Crippen LogP contribution in [0.4, 0.5) is 5.69 Å². The van der Waals surface area contributed by atoms with Gasteiger partial charge in [0, 0.05) is 31.5 Å². The van der Waals surface area contributed by atoms with Crippen LogP contribution in [0.3, 0.4) is 0 Å². The van der Waals surface area contributed by atoms with Crippen LogP contribution in [0.1, 0.15) is 23.2 Å². The van der Waals surface area contributed by atoms with Gasteiger partial charge in [0.15, 0.2) is 11.5 Å². The molecule has 2 heterocycles. The zero-order valence-corrected chi connectivity index (χ0v) is 14.5. The van der Waals surface area contributed by atoms with E-state index in [9.17, 15) is 4.79 Å². The Balaban J connectivity index is 1.63. The molecule has 0 bridgehead atoms. The van der Waals surface area contributed by atoms with Gasteiger partial charge in [0.1, 0.15) is 0 Å². The quantitative estimate of drug-likeness (QED) is 0.871. The van der Waals surface area contributed by atoms with Gasteiger partial charge in [-0.15, -0.1) is 0 Å². The van der Waals surface area contributed by atoms with Gasteiger partial charge in [0.2, 0.25) is 0 Å². The fourth-order valence-corrected chi connectivity index (χ4v) is 2.90. The van der Waals surface area contributed by atoms with Crippen LogP contribution < -0.4 is 14.8 Å². The van der Waals surface area contributed by atoms with Crippen LogP contribution in [-0.4, -0.2) is 43.1 Å². The lowest BCUT2D eigenvalue weighted by molar-refractivity contribution is 0.0601. The lowest BCUT2D eigenvalue weighted by Gasteiger charge is -2.21. The monoisotopic (exact) mass is 345 g/mol. The Morgan fingerprint density at radius 1 is 1.28 bits per heavy atom. The second-order valence-electron chi connectivity index (χ2n) is 6.03. The number of anilines is 1. The summed E-state index contributed by atoms with van der Waals surface area (Å²) in [4.78, 5) is 12.4. The molecule has 0 aliphatic carbocycles. The maximum atomic E-state index is 12.4. The number of methoxy groups -OCH3 is 2. The van der Waals surface area contributed by atoms with E-state index in [0.29, 0.717) is 28.7 Å². The smallest absolute Gasteiger partial charge is 0.255 e. The summed E-state index contributed by atoms with van der Waals surface area (Å²) in [6.45, 7) is 2.47. The van der Waals surface area contributed by atoms with E-state index in [0.717, 1.165) is 32.6 Å². The van der Waals surface area contributed by atoms with Crippen LogP contribution in [0.2, 0.25) is 0 Å². The van der Waals surface area contributed by atoms with Gasteiger partial charge in [-0.3, -0.25) is 9.48 Å². The number of hydrogen-bond donors (Lipinski definition) is 1. The molecule has 1 amide bonds. The predicted octanol–water partition coefficient (Wildman–Crippen LogP) is 2.58. The summed E-state index contributed by atoms with van der Waals surface area (Å²) in [6, 6.07) is 5.06. The van der Waals surface area contributed by atoms with E-state index < -0.39 is 0 Å². The Kier molecular flexibility index (Phi) is 5.55. The molecule has 1 N–H and O–H groups in total. The first-order valence-corrected chi connectivity index (χ1v) is 8.33. The number of rotatable bonds is 6. The number of nitrogens with one attached hydrogen (secondary N) is 1. The third-order valence-electron chi connectivity index (χ3n) is 4.32. The van der Waals surface area contributed by atoms with E-state index in [1.165, 1.54) is 0 Å². The molecule has 134 valence electrons. The third-order valence-corrected chi connectivity index (χ3v) is 4.32. The summed E-state index contributed by atoms with van der Waals surface area (Å²) in [5.74, 6) is 1.46. The topological polar surface area (TPSA) is 74.6 Å². The van der Waals surface area contributed by atoms with Gasteiger partial charge < -0.3 is 19.5 Å². The largest absolute Gasteiger partial charge is 0.493 e. The van der Waals surface area contributed by atoms with E-state index >= 15 is 0 Å². The minimum absolute atomic E-state index is 0.216. The lowest BCUT2D eigenvalue weighted by atomic mass is 10.0. The van der Waals surface area contributed by atoms with Crippen molar-refractivity contribution in [3.05, 3.63) is 36.2 Å². The summed E-state index contributed by atoms with van der Waals surface area (Å²) in [6.07, 6.45) is 5.62. The number of aromatic nitrogens is 2. The second-order valence-corrected chi connectivity index (χ2v) is 6.03. The molecule has 1 aromatic heterocycles. The van der Waals surface area contributed by atoms with Crippen LogP contribution in [0.5, 0.6) is 11.5 Å². The standard InChI is InChI=1S/C18H23N3O4/c1-23-16-4-3-14(9-17(16)24-2)18(22)20-15-10-19-21(12-15)11-13-5-7-25-8-6-13/h3-4,9-10,12-13H,5-8,11H2,1-2H3,(H,20,22). The molecule has 1 saturated heterocycles. The van der Waals surface area contributed by atoms with Gasteiger partial charge in [0.25, 0.3) is 5.91 Å². The molecule has 1 aromatic carbocycles. The first-order chi connectivity index (χ1) is 12.2. The Morgan fingerprint density at radius 2 is 2.04 bits per heavy atom. The van der Waals surface area contributed by atoms with Crippen molar-refractivity contribution in [3.63, 3.8) is 0 Å². The molecule has 0 unspecified atom stereocenters. The second kappa shape index (κ2) is 8.02. The van der Waals surface area contributed by atoms with E-state index in [-0.39, 0.29) is 5.91 Å². The molecule has 7 nitrogen and oxygen atoms in total. The number of amides is 1. The number of nitrogens with zero attached hydrogens (tertiary/aromatic N) is 2. The Morgan fingerprint density at radius 3 is 2.76 bits per heavy atom. The molecule has 0 spiro atoms. The molecule has 25 heavy (non-hydrogen) atoms.